The predicted molar refractivity (Wildman–Crippen MR) is 107 cm³/mol. The number of nitrogens with one attached hydrogen (secondary N) is 1. The Bertz CT molecular complexity index is 1020. The highest BCUT2D eigenvalue weighted by Crippen LogP contribution is 2.32. The summed E-state index contributed by atoms with van der Waals surface area (Å²) in [7, 11) is 0. The minimum atomic E-state index is -0.582. The number of carbonyl (C=O) groups excluding carboxylic acids is 1. The maximum absolute atomic E-state index is 12.2. The van der Waals surface area contributed by atoms with Crippen LogP contribution >= 0.6 is 0 Å². The molecule has 1 N–H and O–H groups in total. The molecule has 28 heavy (non-hydrogen) atoms. The van der Waals surface area contributed by atoms with E-state index in [1.54, 1.807) is 0 Å². The Morgan fingerprint density at radius 1 is 1.14 bits per heavy atom. The van der Waals surface area contributed by atoms with Gasteiger partial charge in [-0.3, -0.25) is 9.89 Å². The second-order valence-electron chi connectivity index (χ2n) is 6.77. The molecule has 0 fully saturated rings. The maximum Gasteiger partial charge on any atom is 0.259 e. The summed E-state index contributed by atoms with van der Waals surface area (Å²) < 4.78 is 6.09. The summed E-state index contributed by atoms with van der Waals surface area (Å²) in [4.78, 5) is 12.2. The van der Waals surface area contributed by atoms with Crippen molar-refractivity contribution in [3.63, 3.8) is 0 Å². The molecule has 1 aliphatic heterocycles. The zero-order chi connectivity index (χ0) is 19.7. The van der Waals surface area contributed by atoms with Gasteiger partial charge in [0.05, 0.1) is 5.69 Å². The lowest BCUT2D eigenvalue weighted by Gasteiger charge is -2.19. The number of amides is 1. The highest BCUT2D eigenvalue weighted by atomic mass is 16.5. The van der Waals surface area contributed by atoms with Crippen LogP contribution in [0, 0.1) is 6.92 Å². The Morgan fingerprint density at radius 2 is 1.86 bits per heavy atom. The number of hydrogen-bond donors (Lipinski definition) is 1. The maximum atomic E-state index is 12.2. The summed E-state index contributed by atoms with van der Waals surface area (Å²) in [5.74, 6) is 0.187. The molecule has 2 aromatic carbocycles. The number of H-pyrrole nitrogens is 1. The van der Waals surface area contributed by atoms with Gasteiger partial charge in [-0.2, -0.15) is 10.1 Å². The van der Waals surface area contributed by atoms with Crippen LogP contribution in [-0.2, 0) is 16.0 Å². The van der Waals surface area contributed by atoms with Gasteiger partial charge in [-0.1, -0.05) is 61.5 Å². The van der Waals surface area contributed by atoms with Gasteiger partial charge in [-0.05, 0) is 18.9 Å². The molecule has 0 saturated carbocycles. The van der Waals surface area contributed by atoms with Crippen molar-refractivity contribution in [1.29, 1.82) is 0 Å². The molecule has 0 unspecified atom stereocenters. The van der Waals surface area contributed by atoms with E-state index in [4.69, 9.17) is 4.74 Å². The first kappa shape index (κ1) is 18.0. The average molecular weight is 374 g/mol. The van der Waals surface area contributed by atoms with Gasteiger partial charge in [0.1, 0.15) is 5.69 Å². The van der Waals surface area contributed by atoms with E-state index in [9.17, 15) is 4.79 Å². The second-order valence-corrected chi connectivity index (χ2v) is 6.77. The van der Waals surface area contributed by atoms with E-state index >= 15 is 0 Å². The van der Waals surface area contributed by atoms with Crippen LogP contribution in [0.25, 0.3) is 11.3 Å². The van der Waals surface area contributed by atoms with Crippen LogP contribution in [0.5, 0.6) is 0 Å². The lowest BCUT2D eigenvalue weighted by molar-refractivity contribution is -0.135. The molecule has 0 saturated heterocycles. The van der Waals surface area contributed by atoms with Crippen LogP contribution in [-0.4, -0.2) is 27.0 Å². The number of carbonyl (C=O) groups is 1. The molecule has 0 radical (unpaired) electrons. The predicted octanol–water partition coefficient (Wildman–Crippen LogP) is 4.19. The zero-order valence-electron chi connectivity index (χ0n) is 16.1. The SMILES string of the molecule is CCc1ccc([C@@H]2OC(c3[nH]nc(-c4ccccc4)c3C)=NN2C(C)=O)cc1. The lowest BCUT2D eigenvalue weighted by atomic mass is 10.1. The Hall–Kier alpha value is -3.41. The molecule has 1 aliphatic rings. The van der Waals surface area contributed by atoms with Gasteiger partial charge in [0.2, 0.25) is 12.1 Å². The first-order valence-corrected chi connectivity index (χ1v) is 9.33. The first-order valence-electron chi connectivity index (χ1n) is 9.33. The van der Waals surface area contributed by atoms with Crippen molar-refractivity contribution in [3.8, 4) is 11.3 Å². The number of nitrogens with zero attached hydrogens (tertiary/aromatic N) is 3. The van der Waals surface area contributed by atoms with Crippen LogP contribution in [0.1, 0.15) is 42.5 Å². The number of hydrogen-bond acceptors (Lipinski definition) is 4. The summed E-state index contributed by atoms with van der Waals surface area (Å²) in [5, 5.41) is 13.3. The highest BCUT2D eigenvalue weighted by Gasteiger charge is 2.34. The third kappa shape index (κ3) is 3.17. The number of rotatable bonds is 4. The van der Waals surface area contributed by atoms with Crippen LogP contribution < -0.4 is 0 Å². The standard InChI is InChI=1S/C22H22N4O2/c1-4-16-10-12-18(13-11-16)22-26(15(3)27)25-21(28-22)20-14(2)19(23-24-20)17-8-6-5-7-9-17/h5-13,22H,4H2,1-3H3,(H,23,24)/t22-/m0/s1. The molecule has 1 atom stereocenters. The molecular weight excluding hydrogens is 352 g/mol. The van der Waals surface area contributed by atoms with Crippen molar-refractivity contribution < 1.29 is 9.53 Å². The minimum Gasteiger partial charge on any atom is -0.445 e. The Morgan fingerprint density at radius 3 is 2.50 bits per heavy atom. The summed E-state index contributed by atoms with van der Waals surface area (Å²) in [6.07, 6.45) is 0.376. The number of aromatic amines is 1. The third-order valence-electron chi connectivity index (χ3n) is 4.91. The van der Waals surface area contributed by atoms with E-state index in [-0.39, 0.29) is 5.91 Å². The van der Waals surface area contributed by atoms with Crippen molar-refractivity contribution in [2.75, 3.05) is 0 Å². The Balaban J connectivity index is 1.66. The van der Waals surface area contributed by atoms with Crippen molar-refractivity contribution in [3.05, 3.63) is 77.0 Å². The molecule has 1 amide bonds. The van der Waals surface area contributed by atoms with E-state index in [0.717, 1.165) is 28.8 Å². The Labute approximate surface area is 163 Å². The smallest absolute Gasteiger partial charge is 0.259 e. The fourth-order valence-electron chi connectivity index (χ4n) is 3.28. The van der Waals surface area contributed by atoms with Gasteiger partial charge >= 0.3 is 0 Å². The van der Waals surface area contributed by atoms with Gasteiger partial charge in [0, 0.05) is 23.6 Å². The van der Waals surface area contributed by atoms with E-state index in [2.05, 4.69) is 22.2 Å². The van der Waals surface area contributed by atoms with Crippen molar-refractivity contribution in [2.24, 2.45) is 5.10 Å². The molecular formula is C22H22N4O2. The van der Waals surface area contributed by atoms with E-state index in [0.29, 0.717) is 11.6 Å². The van der Waals surface area contributed by atoms with Crippen molar-refractivity contribution in [1.82, 2.24) is 15.2 Å². The molecule has 1 aromatic heterocycles. The number of benzene rings is 2. The van der Waals surface area contributed by atoms with E-state index in [1.807, 2.05) is 61.5 Å². The number of hydrazone groups is 1. The average Bonchev–Trinajstić information content (AvgIpc) is 3.32. The summed E-state index contributed by atoms with van der Waals surface area (Å²) >= 11 is 0. The molecule has 0 bridgehead atoms. The van der Waals surface area contributed by atoms with Gasteiger partial charge in [0.15, 0.2) is 0 Å². The fourth-order valence-corrected chi connectivity index (χ4v) is 3.28. The van der Waals surface area contributed by atoms with Crippen LogP contribution in [0.2, 0.25) is 0 Å². The van der Waals surface area contributed by atoms with Gasteiger partial charge < -0.3 is 4.74 Å². The quantitative estimate of drug-likeness (QED) is 0.744. The topological polar surface area (TPSA) is 70.6 Å². The molecule has 4 rings (SSSR count). The minimum absolute atomic E-state index is 0.181. The van der Waals surface area contributed by atoms with Gasteiger partial charge in [0.25, 0.3) is 5.90 Å². The number of ether oxygens (including phenoxy) is 1. The zero-order valence-corrected chi connectivity index (χ0v) is 16.1. The molecule has 2 heterocycles. The Kier molecular flexibility index (Phi) is 4.69. The fraction of sp³-hybridized carbons (Fsp3) is 0.227. The molecule has 142 valence electrons. The van der Waals surface area contributed by atoms with Crippen LogP contribution in [0.15, 0.2) is 59.7 Å². The normalized spacial score (nSPS) is 16.0. The van der Waals surface area contributed by atoms with Crippen LogP contribution in [0.3, 0.4) is 0 Å². The number of aromatic nitrogens is 2. The lowest BCUT2D eigenvalue weighted by Crippen LogP contribution is -2.25. The van der Waals surface area contributed by atoms with Gasteiger partial charge in [-0.15, -0.1) is 5.10 Å². The molecule has 0 spiro atoms. The van der Waals surface area contributed by atoms with Crippen molar-refractivity contribution in [2.45, 2.75) is 33.4 Å². The summed E-state index contributed by atoms with van der Waals surface area (Å²) in [5.41, 5.74) is 5.57. The third-order valence-corrected chi connectivity index (χ3v) is 4.91. The molecule has 6 heteroatoms. The highest BCUT2D eigenvalue weighted by molar-refractivity contribution is 5.97. The van der Waals surface area contributed by atoms with E-state index < -0.39 is 6.23 Å². The largest absolute Gasteiger partial charge is 0.445 e. The molecule has 0 aliphatic carbocycles. The molecule has 6 nitrogen and oxygen atoms in total. The first-order chi connectivity index (χ1) is 13.6. The van der Waals surface area contributed by atoms with Gasteiger partial charge in [-0.25, -0.2) is 0 Å². The summed E-state index contributed by atoms with van der Waals surface area (Å²) in [6.45, 7) is 5.56. The van der Waals surface area contributed by atoms with Crippen LogP contribution in [0.4, 0.5) is 0 Å². The van der Waals surface area contributed by atoms with Crippen molar-refractivity contribution >= 4 is 11.8 Å². The number of aryl methyl sites for hydroxylation is 1. The van der Waals surface area contributed by atoms with E-state index in [1.165, 1.54) is 17.5 Å². The monoisotopic (exact) mass is 374 g/mol. The molecule has 3 aromatic rings. The second kappa shape index (κ2) is 7.31. The summed E-state index contributed by atoms with van der Waals surface area (Å²) in [6, 6.07) is 18.0.